The molecule has 1 N–H and O–H groups in total. The zero-order valence-corrected chi connectivity index (χ0v) is 12.9. The molecule has 4 nitrogen and oxygen atoms in total. The summed E-state index contributed by atoms with van der Waals surface area (Å²) < 4.78 is 1.93. The van der Waals surface area contributed by atoms with Crippen LogP contribution >= 0.6 is 0 Å². The third kappa shape index (κ3) is 2.49. The van der Waals surface area contributed by atoms with Crippen molar-refractivity contribution in [1.29, 1.82) is 0 Å². The number of para-hydroxylation sites is 1. The highest BCUT2D eigenvalue weighted by Gasteiger charge is 2.10. The molecule has 21 heavy (non-hydrogen) atoms. The lowest BCUT2D eigenvalue weighted by Crippen LogP contribution is -2.03. The molecule has 0 bridgehead atoms. The van der Waals surface area contributed by atoms with Crippen LogP contribution in [-0.4, -0.2) is 14.8 Å². The Balaban J connectivity index is 1.95. The molecule has 0 amide bonds. The second kappa shape index (κ2) is 5.20. The number of aryl methyl sites for hydroxylation is 3. The monoisotopic (exact) mass is 280 g/mol. The second-order valence-corrected chi connectivity index (χ2v) is 5.45. The molecule has 0 fully saturated rings. The van der Waals surface area contributed by atoms with E-state index in [-0.39, 0.29) is 0 Å². The van der Waals surface area contributed by atoms with Gasteiger partial charge in [0.05, 0.1) is 11.2 Å². The highest BCUT2D eigenvalue weighted by Crippen LogP contribution is 2.24. The fourth-order valence-corrected chi connectivity index (χ4v) is 2.71. The number of benzene rings is 1. The SMILES string of the molecule is Cc1cc(NCc2c(C)nn(C)c2C)c2ccccc2n1. The number of hydrogen-bond acceptors (Lipinski definition) is 3. The van der Waals surface area contributed by atoms with E-state index in [1.54, 1.807) is 0 Å². The maximum atomic E-state index is 4.57. The molecule has 108 valence electrons. The first kappa shape index (κ1) is 13.6. The van der Waals surface area contributed by atoms with Crippen molar-refractivity contribution in [3.8, 4) is 0 Å². The van der Waals surface area contributed by atoms with Crippen molar-refractivity contribution in [3.63, 3.8) is 0 Å². The van der Waals surface area contributed by atoms with E-state index in [2.05, 4.69) is 41.4 Å². The van der Waals surface area contributed by atoms with E-state index >= 15 is 0 Å². The van der Waals surface area contributed by atoms with Gasteiger partial charge in [0.2, 0.25) is 0 Å². The fraction of sp³-hybridized carbons (Fsp3) is 0.294. The molecule has 2 heterocycles. The third-order valence-corrected chi connectivity index (χ3v) is 3.96. The van der Waals surface area contributed by atoms with E-state index in [1.165, 1.54) is 11.3 Å². The lowest BCUT2D eigenvalue weighted by atomic mass is 10.1. The van der Waals surface area contributed by atoms with Crippen LogP contribution in [0.4, 0.5) is 5.69 Å². The van der Waals surface area contributed by atoms with Crippen molar-refractivity contribution >= 4 is 16.6 Å². The van der Waals surface area contributed by atoms with Gasteiger partial charge < -0.3 is 5.32 Å². The summed E-state index contributed by atoms with van der Waals surface area (Å²) in [5.74, 6) is 0. The van der Waals surface area contributed by atoms with Crippen LogP contribution in [-0.2, 0) is 13.6 Å². The van der Waals surface area contributed by atoms with Crippen molar-refractivity contribution in [1.82, 2.24) is 14.8 Å². The molecular weight excluding hydrogens is 260 g/mol. The van der Waals surface area contributed by atoms with Crippen LogP contribution in [0.25, 0.3) is 10.9 Å². The first-order valence-corrected chi connectivity index (χ1v) is 7.15. The molecule has 3 aromatic rings. The van der Waals surface area contributed by atoms with Crippen molar-refractivity contribution < 1.29 is 0 Å². The molecule has 2 aromatic heterocycles. The van der Waals surface area contributed by atoms with Gasteiger partial charge in [-0.2, -0.15) is 5.10 Å². The van der Waals surface area contributed by atoms with Gasteiger partial charge in [0.25, 0.3) is 0 Å². The minimum atomic E-state index is 0.777. The first-order valence-electron chi connectivity index (χ1n) is 7.15. The molecule has 0 saturated carbocycles. The molecule has 3 rings (SSSR count). The van der Waals surface area contributed by atoms with E-state index in [0.717, 1.165) is 34.5 Å². The Labute approximate surface area is 124 Å². The summed E-state index contributed by atoms with van der Waals surface area (Å²) in [5, 5.41) is 9.17. The van der Waals surface area contributed by atoms with Crippen LogP contribution in [0.2, 0.25) is 0 Å². The molecule has 0 saturated heterocycles. The number of hydrogen-bond donors (Lipinski definition) is 1. The van der Waals surface area contributed by atoms with Gasteiger partial charge in [-0.05, 0) is 32.9 Å². The third-order valence-electron chi connectivity index (χ3n) is 3.96. The van der Waals surface area contributed by atoms with E-state index in [9.17, 15) is 0 Å². The van der Waals surface area contributed by atoms with Crippen LogP contribution < -0.4 is 5.32 Å². The number of fused-ring (bicyclic) bond motifs is 1. The van der Waals surface area contributed by atoms with Gasteiger partial charge in [-0.3, -0.25) is 9.67 Å². The summed E-state index contributed by atoms with van der Waals surface area (Å²) in [4.78, 5) is 4.57. The van der Waals surface area contributed by atoms with Crippen LogP contribution in [0.1, 0.15) is 22.6 Å². The number of nitrogens with zero attached hydrogens (tertiary/aromatic N) is 3. The molecular formula is C17H20N4. The average molecular weight is 280 g/mol. The zero-order valence-electron chi connectivity index (χ0n) is 12.9. The van der Waals surface area contributed by atoms with Crippen molar-refractivity contribution in [3.05, 3.63) is 53.0 Å². The zero-order chi connectivity index (χ0) is 15.0. The van der Waals surface area contributed by atoms with Crippen LogP contribution in [0.3, 0.4) is 0 Å². The van der Waals surface area contributed by atoms with Crippen LogP contribution in [0.5, 0.6) is 0 Å². The molecule has 1 aromatic carbocycles. The molecule has 0 aliphatic heterocycles. The normalized spacial score (nSPS) is 11.0. The van der Waals surface area contributed by atoms with Crippen LogP contribution in [0, 0.1) is 20.8 Å². The van der Waals surface area contributed by atoms with Gasteiger partial charge in [-0.1, -0.05) is 18.2 Å². The van der Waals surface area contributed by atoms with Gasteiger partial charge in [0.1, 0.15) is 0 Å². The highest BCUT2D eigenvalue weighted by molar-refractivity contribution is 5.91. The number of rotatable bonds is 3. The molecule has 0 aliphatic carbocycles. The Kier molecular flexibility index (Phi) is 3.37. The fourth-order valence-electron chi connectivity index (χ4n) is 2.71. The number of anilines is 1. The second-order valence-electron chi connectivity index (χ2n) is 5.45. The summed E-state index contributed by atoms with van der Waals surface area (Å²) in [6.45, 7) is 6.96. The van der Waals surface area contributed by atoms with E-state index in [1.807, 2.05) is 36.9 Å². The molecule has 0 aliphatic rings. The summed E-state index contributed by atoms with van der Waals surface area (Å²) >= 11 is 0. The Hall–Kier alpha value is -2.36. The predicted octanol–water partition coefficient (Wildman–Crippen LogP) is 3.51. The summed E-state index contributed by atoms with van der Waals surface area (Å²) in [6.07, 6.45) is 0. The molecule has 0 spiro atoms. The lowest BCUT2D eigenvalue weighted by Gasteiger charge is -2.11. The summed E-state index contributed by atoms with van der Waals surface area (Å²) in [7, 11) is 1.98. The Morgan fingerprint density at radius 3 is 2.62 bits per heavy atom. The maximum Gasteiger partial charge on any atom is 0.0725 e. The Morgan fingerprint density at radius 1 is 1.14 bits per heavy atom. The number of nitrogens with one attached hydrogen (secondary N) is 1. The molecule has 0 radical (unpaired) electrons. The minimum Gasteiger partial charge on any atom is -0.380 e. The van der Waals surface area contributed by atoms with E-state index in [4.69, 9.17) is 0 Å². The minimum absolute atomic E-state index is 0.777. The van der Waals surface area contributed by atoms with Gasteiger partial charge in [-0.15, -0.1) is 0 Å². The van der Waals surface area contributed by atoms with Crippen molar-refractivity contribution in [2.45, 2.75) is 27.3 Å². The molecule has 4 heteroatoms. The average Bonchev–Trinajstić information content (AvgIpc) is 2.69. The van der Waals surface area contributed by atoms with Crippen LogP contribution in [0.15, 0.2) is 30.3 Å². The van der Waals surface area contributed by atoms with Crippen molar-refractivity contribution in [2.24, 2.45) is 7.05 Å². The first-order chi connectivity index (χ1) is 10.1. The highest BCUT2D eigenvalue weighted by atomic mass is 15.3. The van der Waals surface area contributed by atoms with Crippen molar-refractivity contribution in [2.75, 3.05) is 5.32 Å². The maximum absolute atomic E-state index is 4.57. The smallest absolute Gasteiger partial charge is 0.0725 e. The molecule has 0 unspecified atom stereocenters. The van der Waals surface area contributed by atoms with Gasteiger partial charge in [-0.25, -0.2) is 0 Å². The Bertz CT molecular complexity index is 802. The van der Waals surface area contributed by atoms with Gasteiger partial charge >= 0.3 is 0 Å². The summed E-state index contributed by atoms with van der Waals surface area (Å²) in [5.41, 5.74) is 6.72. The topological polar surface area (TPSA) is 42.7 Å². The lowest BCUT2D eigenvalue weighted by molar-refractivity contribution is 0.730. The van der Waals surface area contributed by atoms with Gasteiger partial charge in [0.15, 0.2) is 0 Å². The van der Waals surface area contributed by atoms with E-state index in [0.29, 0.717) is 0 Å². The standard InChI is InChI=1S/C17H20N4/c1-11-9-17(14-7-5-6-8-16(14)19-11)18-10-15-12(2)20-21(4)13(15)3/h5-9H,10H2,1-4H3,(H,18,19). The van der Waals surface area contributed by atoms with E-state index < -0.39 is 0 Å². The Morgan fingerprint density at radius 2 is 1.90 bits per heavy atom. The number of pyridine rings is 1. The van der Waals surface area contributed by atoms with Gasteiger partial charge in [0, 0.05) is 41.6 Å². The molecule has 0 atom stereocenters. The predicted molar refractivity (Wildman–Crippen MR) is 86.5 cm³/mol. The quantitative estimate of drug-likeness (QED) is 0.798. The largest absolute Gasteiger partial charge is 0.380 e. The number of aromatic nitrogens is 3. The summed E-state index contributed by atoms with van der Waals surface area (Å²) in [6, 6.07) is 10.3.